The molecule has 2 heterocycles. The van der Waals surface area contributed by atoms with Gasteiger partial charge in [-0.1, -0.05) is 12.1 Å². The minimum absolute atomic E-state index is 0.190. The van der Waals surface area contributed by atoms with Gasteiger partial charge >= 0.3 is 0 Å². The average molecular weight is 324 g/mol. The minimum atomic E-state index is -3.50. The van der Waals surface area contributed by atoms with Crippen LogP contribution in [0.3, 0.4) is 0 Å². The van der Waals surface area contributed by atoms with Gasteiger partial charge in [-0.2, -0.15) is 22.1 Å². The van der Waals surface area contributed by atoms with E-state index in [1.807, 2.05) is 0 Å². The van der Waals surface area contributed by atoms with Gasteiger partial charge in [0.15, 0.2) is 0 Å². The lowest BCUT2D eigenvalue weighted by molar-refractivity contribution is 0.358. The van der Waals surface area contributed by atoms with E-state index in [1.165, 1.54) is 28.8 Å². The first-order valence-corrected chi connectivity index (χ1v) is 8.29. The predicted octanol–water partition coefficient (Wildman–Crippen LogP) is 1.38. The molecule has 0 spiro atoms. The number of halogens is 1. The van der Waals surface area contributed by atoms with Gasteiger partial charge in [0, 0.05) is 50.4 Å². The maximum atomic E-state index is 14.0. The Morgan fingerprint density at radius 2 is 2.05 bits per heavy atom. The van der Waals surface area contributed by atoms with Gasteiger partial charge in [0.2, 0.25) is 0 Å². The van der Waals surface area contributed by atoms with Crippen LogP contribution in [0.4, 0.5) is 4.39 Å². The fourth-order valence-electron chi connectivity index (χ4n) is 2.57. The Morgan fingerprint density at radius 1 is 1.32 bits per heavy atom. The van der Waals surface area contributed by atoms with Crippen LogP contribution in [0.25, 0.3) is 11.3 Å². The molecule has 1 aliphatic heterocycles. The topological polar surface area (TPSA) is 69.3 Å². The molecule has 0 amide bonds. The fourth-order valence-corrected chi connectivity index (χ4v) is 3.65. The van der Waals surface area contributed by atoms with Gasteiger partial charge < -0.3 is 0 Å². The highest BCUT2D eigenvalue weighted by atomic mass is 32.2. The first-order valence-electron chi connectivity index (χ1n) is 6.90. The molecule has 0 fully saturated rings. The zero-order valence-electron chi connectivity index (χ0n) is 12.4. The van der Waals surface area contributed by atoms with E-state index < -0.39 is 10.2 Å². The van der Waals surface area contributed by atoms with Crippen molar-refractivity contribution in [2.45, 2.75) is 13.0 Å². The number of fused-ring (bicyclic) bond motifs is 1. The summed E-state index contributed by atoms with van der Waals surface area (Å²) in [6.07, 6.45) is 0.532. The summed E-state index contributed by atoms with van der Waals surface area (Å²) in [5.41, 5.74) is 2.46. The van der Waals surface area contributed by atoms with Crippen LogP contribution in [-0.4, -0.2) is 47.9 Å². The Morgan fingerprint density at radius 3 is 2.73 bits per heavy atom. The highest BCUT2D eigenvalue weighted by Gasteiger charge is 2.31. The number of hydrogen-bond donors (Lipinski definition) is 1. The fraction of sp³-hybridized carbons (Fsp3) is 0.357. The first kappa shape index (κ1) is 15.1. The smallest absolute Gasteiger partial charge is 0.281 e. The van der Waals surface area contributed by atoms with Crippen molar-refractivity contribution in [3.63, 3.8) is 0 Å². The molecule has 22 heavy (non-hydrogen) atoms. The molecule has 1 aliphatic rings. The van der Waals surface area contributed by atoms with Gasteiger partial charge in [-0.05, 0) is 12.1 Å². The van der Waals surface area contributed by atoms with Gasteiger partial charge in [-0.25, -0.2) is 4.39 Å². The van der Waals surface area contributed by atoms with Crippen molar-refractivity contribution in [1.29, 1.82) is 0 Å². The van der Waals surface area contributed by atoms with Crippen LogP contribution in [0.5, 0.6) is 0 Å². The number of aromatic amines is 1. The number of nitrogens with one attached hydrogen (secondary N) is 1. The standard InChI is InChI=1S/C14H17FN4O2S/c1-18(2)22(20,21)19-8-7-13-11(9-19)14(17-16-13)10-5-3-4-6-12(10)15/h3-6H,7-9H2,1-2H3,(H,16,17). The molecule has 0 saturated carbocycles. The second-order valence-electron chi connectivity index (χ2n) is 5.38. The van der Waals surface area contributed by atoms with E-state index >= 15 is 0 Å². The maximum Gasteiger partial charge on any atom is 0.281 e. The monoisotopic (exact) mass is 324 g/mol. The van der Waals surface area contributed by atoms with Crippen molar-refractivity contribution in [1.82, 2.24) is 18.8 Å². The Balaban J connectivity index is 2.01. The van der Waals surface area contributed by atoms with Crippen LogP contribution in [0, 0.1) is 5.82 Å². The van der Waals surface area contributed by atoms with E-state index in [1.54, 1.807) is 18.2 Å². The Bertz CT molecular complexity index is 801. The third kappa shape index (κ3) is 2.43. The molecule has 8 heteroatoms. The summed E-state index contributed by atoms with van der Waals surface area (Å²) < 4.78 is 41.1. The summed E-state index contributed by atoms with van der Waals surface area (Å²) >= 11 is 0. The van der Waals surface area contributed by atoms with Crippen molar-refractivity contribution in [2.24, 2.45) is 0 Å². The van der Waals surface area contributed by atoms with Gasteiger partial charge in [-0.15, -0.1) is 0 Å². The van der Waals surface area contributed by atoms with Crippen LogP contribution in [0.15, 0.2) is 24.3 Å². The molecule has 0 atom stereocenters. The lowest BCUT2D eigenvalue weighted by Gasteiger charge is -2.28. The normalized spacial score (nSPS) is 16.0. The lowest BCUT2D eigenvalue weighted by atomic mass is 10.0. The summed E-state index contributed by atoms with van der Waals surface area (Å²) in [7, 11) is -0.502. The first-order chi connectivity index (χ1) is 10.4. The lowest BCUT2D eigenvalue weighted by Crippen LogP contribution is -2.42. The highest BCUT2D eigenvalue weighted by molar-refractivity contribution is 7.86. The van der Waals surface area contributed by atoms with E-state index in [4.69, 9.17) is 0 Å². The summed E-state index contributed by atoms with van der Waals surface area (Å²) in [6, 6.07) is 6.36. The molecule has 3 rings (SSSR count). The maximum absolute atomic E-state index is 14.0. The Labute approximate surface area is 128 Å². The number of benzene rings is 1. The van der Waals surface area contributed by atoms with E-state index in [0.717, 1.165) is 11.3 Å². The molecule has 118 valence electrons. The molecule has 6 nitrogen and oxygen atoms in total. The minimum Gasteiger partial charge on any atom is -0.282 e. The second-order valence-corrected chi connectivity index (χ2v) is 7.53. The van der Waals surface area contributed by atoms with Crippen molar-refractivity contribution in [2.75, 3.05) is 20.6 Å². The molecule has 0 aliphatic carbocycles. The zero-order chi connectivity index (χ0) is 15.9. The number of H-pyrrole nitrogens is 1. The van der Waals surface area contributed by atoms with Crippen molar-refractivity contribution < 1.29 is 12.8 Å². The van der Waals surface area contributed by atoms with E-state index in [2.05, 4.69) is 10.2 Å². The molecule has 0 radical (unpaired) electrons. The van der Waals surface area contributed by atoms with E-state index in [0.29, 0.717) is 24.2 Å². The van der Waals surface area contributed by atoms with Crippen LogP contribution in [0.2, 0.25) is 0 Å². The number of rotatable bonds is 3. The summed E-state index contributed by atoms with van der Waals surface area (Å²) in [5.74, 6) is -0.371. The molecule has 0 bridgehead atoms. The van der Waals surface area contributed by atoms with Crippen molar-refractivity contribution >= 4 is 10.2 Å². The molecule has 1 aromatic carbocycles. The summed E-state index contributed by atoms with van der Waals surface area (Å²) in [6.45, 7) is 0.572. The molecule has 2 aromatic rings. The SMILES string of the molecule is CN(C)S(=O)(=O)N1CCc2[nH]nc(-c3ccccc3F)c2C1. The third-order valence-electron chi connectivity index (χ3n) is 3.82. The summed E-state index contributed by atoms with van der Waals surface area (Å²) in [5, 5.41) is 7.09. The van der Waals surface area contributed by atoms with Crippen molar-refractivity contribution in [3.05, 3.63) is 41.3 Å². The average Bonchev–Trinajstić information content (AvgIpc) is 2.90. The van der Waals surface area contributed by atoms with Crippen LogP contribution >= 0.6 is 0 Å². The zero-order valence-corrected chi connectivity index (χ0v) is 13.2. The molecule has 1 aromatic heterocycles. The molecule has 0 saturated heterocycles. The van der Waals surface area contributed by atoms with Crippen LogP contribution in [0.1, 0.15) is 11.3 Å². The van der Waals surface area contributed by atoms with E-state index in [-0.39, 0.29) is 12.4 Å². The predicted molar refractivity (Wildman–Crippen MR) is 80.7 cm³/mol. The largest absolute Gasteiger partial charge is 0.282 e. The van der Waals surface area contributed by atoms with Gasteiger partial charge in [-0.3, -0.25) is 5.10 Å². The second kappa shape index (κ2) is 5.45. The number of aromatic nitrogens is 2. The molecular formula is C14H17FN4O2S. The Hall–Kier alpha value is -1.77. The number of nitrogens with zero attached hydrogens (tertiary/aromatic N) is 3. The molecule has 1 N–H and O–H groups in total. The van der Waals surface area contributed by atoms with Gasteiger partial charge in [0.05, 0.1) is 5.69 Å². The third-order valence-corrected chi connectivity index (χ3v) is 5.70. The Kier molecular flexibility index (Phi) is 3.75. The van der Waals surface area contributed by atoms with Crippen LogP contribution < -0.4 is 0 Å². The van der Waals surface area contributed by atoms with Crippen molar-refractivity contribution in [3.8, 4) is 11.3 Å². The van der Waals surface area contributed by atoms with Gasteiger partial charge in [0.25, 0.3) is 10.2 Å². The van der Waals surface area contributed by atoms with Gasteiger partial charge in [0.1, 0.15) is 5.82 Å². The quantitative estimate of drug-likeness (QED) is 0.927. The molecule has 0 unspecified atom stereocenters. The van der Waals surface area contributed by atoms with Crippen LogP contribution in [-0.2, 0) is 23.2 Å². The highest BCUT2D eigenvalue weighted by Crippen LogP contribution is 2.30. The molecular weight excluding hydrogens is 307 g/mol. The summed E-state index contributed by atoms with van der Waals surface area (Å²) in [4.78, 5) is 0. The number of hydrogen-bond acceptors (Lipinski definition) is 3. The van der Waals surface area contributed by atoms with E-state index in [9.17, 15) is 12.8 Å².